The van der Waals surface area contributed by atoms with Crippen molar-refractivity contribution < 1.29 is 9.53 Å². The molecule has 3 rings (SSSR count). The average molecular weight is 327 g/mol. The number of carbonyl (C=O) groups excluding carboxylic acids is 1. The number of aromatic nitrogens is 1. The van der Waals surface area contributed by atoms with E-state index in [4.69, 9.17) is 4.74 Å². The van der Waals surface area contributed by atoms with Gasteiger partial charge >= 0.3 is 0 Å². The highest BCUT2D eigenvalue weighted by Gasteiger charge is 2.26. The first-order chi connectivity index (χ1) is 11.5. The summed E-state index contributed by atoms with van der Waals surface area (Å²) < 4.78 is 5.82. The number of aryl methyl sites for hydroxylation is 1. The predicted octanol–water partition coefficient (Wildman–Crippen LogP) is 2.34. The fourth-order valence-electron chi connectivity index (χ4n) is 3.10. The van der Waals surface area contributed by atoms with Crippen molar-refractivity contribution in [1.82, 2.24) is 14.8 Å². The van der Waals surface area contributed by atoms with Crippen LogP contribution in [0.5, 0.6) is 0 Å². The van der Waals surface area contributed by atoms with Gasteiger partial charge in [-0.1, -0.05) is 11.6 Å². The minimum Gasteiger partial charge on any atom is -0.374 e. The molecule has 1 atom stereocenters. The second-order valence-corrected chi connectivity index (χ2v) is 6.72. The Labute approximate surface area is 143 Å². The summed E-state index contributed by atoms with van der Waals surface area (Å²) in [6.07, 6.45) is 2.77. The Morgan fingerprint density at radius 2 is 2.21 bits per heavy atom. The van der Waals surface area contributed by atoms with Crippen LogP contribution in [0.1, 0.15) is 22.3 Å². The molecule has 5 nitrogen and oxygen atoms in total. The first-order valence-electron chi connectivity index (χ1n) is 8.45. The number of pyridine rings is 1. The van der Waals surface area contributed by atoms with Crippen molar-refractivity contribution in [3.63, 3.8) is 0 Å². The summed E-state index contributed by atoms with van der Waals surface area (Å²) in [4.78, 5) is 21.5. The van der Waals surface area contributed by atoms with Gasteiger partial charge in [-0.05, 0) is 45.6 Å². The van der Waals surface area contributed by atoms with Crippen molar-refractivity contribution in [2.75, 3.05) is 40.3 Å². The summed E-state index contributed by atoms with van der Waals surface area (Å²) in [6.45, 7) is 4.90. The van der Waals surface area contributed by atoms with Gasteiger partial charge in [0.1, 0.15) is 0 Å². The number of hydrogen-bond acceptors (Lipinski definition) is 4. The molecule has 5 heteroatoms. The van der Waals surface area contributed by atoms with Crippen molar-refractivity contribution in [1.29, 1.82) is 0 Å². The van der Waals surface area contributed by atoms with Crippen molar-refractivity contribution in [3.8, 4) is 0 Å². The molecule has 0 unspecified atom stereocenters. The first-order valence-corrected chi connectivity index (χ1v) is 8.45. The SMILES string of the molecule is Cc1ccc2nccc(C(=O)N3CCO[C@@H](CCN(C)C)C3)c2c1. The van der Waals surface area contributed by atoms with E-state index in [1.54, 1.807) is 6.20 Å². The lowest BCUT2D eigenvalue weighted by molar-refractivity contribution is -0.0269. The molecule has 1 aromatic heterocycles. The van der Waals surface area contributed by atoms with Crippen LogP contribution in [0.4, 0.5) is 0 Å². The Hall–Kier alpha value is -1.98. The molecule has 0 saturated carbocycles. The topological polar surface area (TPSA) is 45.7 Å². The van der Waals surface area contributed by atoms with Crippen LogP contribution in [0.2, 0.25) is 0 Å². The van der Waals surface area contributed by atoms with E-state index in [-0.39, 0.29) is 12.0 Å². The van der Waals surface area contributed by atoms with E-state index < -0.39 is 0 Å². The van der Waals surface area contributed by atoms with Crippen LogP contribution in [0.15, 0.2) is 30.5 Å². The number of amides is 1. The van der Waals surface area contributed by atoms with Gasteiger partial charge in [-0.15, -0.1) is 0 Å². The molecular weight excluding hydrogens is 302 g/mol. The molecule has 1 fully saturated rings. The predicted molar refractivity (Wildman–Crippen MR) is 95.3 cm³/mol. The second-order valence-electron chi connectivity index (χ2n) is 6.72. The Morgan fingerprint density at radius 3 is 3.00 bits per heavy atom. The number of fused-ring (bicyclic) bond motifs is 1. The number of carbonyl (C=O) groups is 1. The molecule has 0 spiro atoms. The third-order valence-electron chi connectivity index (χ3n) is 4.45. The lowest BCUT2D eigenvalue weighted by Gasteiger charge is -2.33. The van der Waals surface area contributed by atoms with Crippen molar-refractivity contribution in [3.05, 3.63) is 41.6 Å². The van der Waals surface area contributed by atoms with Gasteiger partial charge in [0.15, 0.2) is 0 Å². The van der Waals surface area contributed by atoms with Gasteiger partial charge in [0.2, 0.25) is 0 Å². The maximum atomic E-state index is 13.0. The molecule has 2 heterocycles. The Balaban J connectivity index is 1.80. The van der Waals surface area contributed by atoms with E-state index in [1.807, 2.05) is 36.1 Å². The van der Waals surface area contributed by atoms with Crippen LogP contribution in [0.25, 0.3) is 10.9 Å². The summed E-state index contributed by atoms with van der Waals surface area (Å²) in [6, 6.07) is 7.87. The third-order valence-corrected chi connectivity index (χ3v) is 4.45. The summed E-state index contributed by atoms with van der Waals surface area (Å²) >= 11 is 0. The van der Waals surface area contributed by atoms with E-state index >= 15 is 0 Å². The second kappa shape index (κ2) is 7.28. The largest absolute Gasteiger partial charge is 0.374 e. The Kier molecular flexibility index (Phi) is 5.11. The minimum absolute atomic E-state index is 0.0751. The average Bonchev–Trinajstić information content (AvgIpc) is 2.59. The number of nitrogens with zero attached hydrogens (tertiary/aromatic N) is 3. The summed E-state index contributed by atoms with van der Waals surface area (Å²) in [5.41, 5.74) is 2.73. The monoisotopic (exact) mass is 327 g/mol. The van der Waals surface area contributed by atoms with E-state index in [0.29, 0.717) is 19.7 Å². The molecule has 0 radical (unpaired) electrons. The molecule has 0 aliphatic carbocycles. The number of rotatable bonds is 4. The standard InChI is InChI=1S/C19H25N3O2/c1-14-4-5-18-17(12-14)16(6-8-20-18)19(23)22-10-11-24-15(13-22)7-9-21(2)3/h4-6,8,12,15H,7,9-11,13H2,1-3H3/t15-/m0/s1. The van der Waals surface area contributed by atoms with Crippen LogP contribution < -0.4 is 0 Å². The smallest absolute Gasteiger partial charge is 0.254 e. The summed E-state index contributed by atoms with van der Waals surface area (Å²) in [7, 11) is 4.11. The van der Waals surface area contributed by atoms with Gasteiger partial charge in [0.25, 0.3) is 5.91 Å². The molecule has 1 aliphatic heterocycles. The van der Waals surface area contributed by atoms with E-state index in [2.05, 4.69) is 24.0 Å². The van der Waals surface area contributed by atoms with Crippen molar-refractivity contribution >= 4 is 16.8 Å². The van der Waals surface area contributed by atoms with Gasteiger partial charge in [0, 0.05) is 31.2 Å². The molecule has 128 valence electrons. The van der Waals surface area contributed by atoms with Gasteiger partial charge in [-0.2, -0.15) is 0 Å². The highest BCUT2D eigenvalue weighted by atomic mass is 16.5. The molecular formula is C19H25N3O2. The molecule has 1 amide bonds. The molecule has 0 N–H and O–H groups in total. The van der Waals surface area contributed by atoms with Crippen LogP contribution in [-0.4, -0.2) is 67.1 Å². The van der Waals surface area contributed by atoms with Gasteiger partial charge < -0.3 is 14.5 Å². The maximum absolute atomic E-state index is 13.0. The quantitative estimate of drug-likeness (QED) is 0.865. The third kappa shape index (κ3) is 3.74. The first kappa shape index (κ1) is 16.9. The van der Waals surface area contributed by atoms with Crippen LogP contribution in [-0.2, 0) is 4.74 Å². The van der Waals surface area contributed by atoms with Crippen LogP contribution in [0.3, 0.4) is 0 Å². The lowest BCUT2D eigenvalue weighted by Crippen LogP contribution is -2.46. The van der Waals surface area contributed by atoms with Crippen molar-refractivity contribution in [2.24, 2.45) is 0 Å². The Morgan fingerprint density at radius 1 is 1.38 bits per heavy atom. The maximum Gasteiger partial charge on any atom is 0.254 e. The van der Waals surface area contributed by atoms with Crippen LogP contribution >= 0.6 is 0 Å². The lowest BCUT2D eigenvalue weighted by atomic mass is 10.0. The van der Waals surface area contributed by atoms with E-state index in [0.717, 1.165) is 35.0 Å². The van der Waals surface area contributed by atoms with Gasteiger partial charge in [-0.3, -0.25) is 9.78 Å². The Bertz CT molecular complexity index is 730. The molecule has 1 aliphatic rings. The highest BCUT2D eigenvalue weighted by Crippen LogP contribution is 2.21. The molecule has 0 bridgehead atoms. The summed E-state index contributed by atoms with van der Waals surface area (Å²) in [5.74, 6) is 0.0751. The zero-order valence-corrected chi connectivity index (χ0v) is 14.7. The van der Waals surface area contributed by atoms with Gasteiger partial charge in [0.05, 0.1) is 23.8 Å². The number of hydrogen-bond donors (Lipinski definition) is 0. The summed E-state index contributed by atoms with van der Waals surface area (Å²) in [5, 5.41) is 0.929. The zero-order chi connectivity index (χ0) is 17.1. The van der Waals surface area contributed by atoms with Crippen LogP contribution in [0, 0.1) is 6.92 Å². The molecule has 24 heavy (non-hydrogen) atoms. The molecule has 1 aromatic carbocycles. The van der Waals surface area contributed by atoms with Gasteiger partial charge in [-0.25, -0.2) is 0 Å². The number of benzene rings is 1. The zero-order valence-electron chi connectivity index (χ0n) is 14.7. The fourth-order valence-corrected chi connectivity index (χ4v) is 3.10. The fraction of sp³-hybridized carbons (Fsp3) is 0.474. The number of ether oxygens (including phenoxy) is 1. The minimum atomic E-state index is 0.0751. The highest BCUT2D eigenvalue weighted by molar-refractivity contribution is 6.06. The number of morpholine rings is 1. The molecule has 1 saturated heterocycles. The van der Waals surface area contributed by atoms with Crippen molar-refractivity contribution in [2.45, 2.75) is 19.4 Å². The molecule has 2 aromatic rings. The normalized spacial score (nSPS) is 18.3. The van der Waals surface area contributed by atoms with E-state index in [9.17, 15) is 4.79 Å². The van der Waals surface area contributed by atoms with E-state index in [1.165, 1.54) is 0 Å².